The van der Waals surface area contributed by atoms with Gasteiger partial charge in [0.15, 0.2) is 0 Å². The summed E-state index contributed by atoms with van der Waals surface area (Å²) in [5.74, 6) is 0.323. The molecule has 0 fully saturated rings. The molecule has 0 heterocycles. The van der Waals surface area contributed by atoms with Crippen molar-refractivity contribution in [2.24, 2.45) is 0 Å². The second kappa shape index (κ2) is 4.92. The van der Waals surface area contributed by atoms with Crippen molar-refractivity contribution in [1.29, 1.82) is 0 Å². The van der Waals surface area contributed by atoms with Crippen LogP contribution in [-0.4, -0.2) is 8.42 Å². The van der Waals surface area contributed by atoms with Crippen LogP contribution in [0.15, 0.2) is 36.3 Å². The van der Waals surface area contributed by atoms with Crippen molar-refractivity contribution < 1.29 is 12.6 Å². The molecule has 4 heteroatoms. The minimum absolute atomic E-state index is 0.00267. The zero-order valence-corrected chi connectivity index (χ0v) is 11.3. The van der Waals surface area contributed by atoms with Gasteiger partial charge in [-0.05, 0) is 29.5 Å². The monoisotopic (exact) mass is 254 g/mol. The average Bonchev–Trinajstić information content (AvgIpc) is 2.29. The van der Waals surface area contributed by atoms with E-state index in [9.17, 15) is 8.42 Å². The van der Waals surface area contributed by atoms with Gasteiger partial charge in [-0.1, -0.05) is 39.5 Å². The summed E-state index contributed by atoms with van der Waals surface area (Å²) in [6, 6.07) is 7.14. The van der Waals surface area contributed by atoms with Gasteiger partial charge in [0.2, 0.25) is 0 Å². The highest BCUT2D eigenvalue weighted by molar-refractivity contribution is 7.90. The SMILES string of the molecule is C=CS(=O)(=O)Oc1cccc(C(C)(C)CC)c1. The van der Waals surface area contributed by atoms with E-state index < -0.39 is 10.1 Å². The first-order valence-corrected chi connectivity index (χ1v) is 6.95. The second-order valence-corrected chi connectivity index (χ2v) is 5.99. The highest BCUT2D eigenvalue weighted by Crippen LogP contribution is 2.29. The fourth-order valence-corrected chi connectivity index (χ4v) is 1.78. The van der Waals surface area contributed by atoms with Crippen LogP contribution in [0.2, 0.25) is 0 Å². The normalized spacial score (nSPS) is 12.2. The van der Waals surface area contributed by atoms with E-state index >= 15 is 0 Å². The Balaban J connectivity index is 3.07. The number of hydrogen-bond donors (Lipinski definition) is 0. The molecule has 3 nitrogen and oxygen atoms in total. The number of rotatable bonds is 5. The van der Waals surface area contributed by atoms with E-state index in [1.165, 1.54) is 0 Å². The minimum atomic E-state index is -3.68. The number of hydrogen-bond acceptors (Lipinski definition) is 3. The highest BCUT2D eigenvalue weighted by Gasteiger charge is 2.19. The van der Waals surface area contributed by atoms with Crippen molar-refractivity contribution >= 4 is 10.1 Å². The van der Waals surface area contributed by atoms with Gasteiger partial charge in [-0.25, -0.2) is 0 Å². The topological polar surface area (TPSA) is 43.4 Å². The molecule has 1 aromatic carbocycles. The fourth-order valence-electron chi connectivity index (χ4n) is 1.34. The third-order valence-corrected chi connectivity index (χ3v) is 3.75. The second-order valence-electron chi connectivity index (χ2n) is 4.51. The van der Waals surface area contributed by atoms with E-state index in [1.807, 2.05) is 6.07 Å². The highest BCUT2D eigenvalue weighted by atomic mass is 32.2. The summed E-state index contributed by atoms with van der Waals surface area (Å²) >= 11 is 0. The van der Waals surface area contributed by atoms with Crippen LogP contribution < -0.4 is 4.18 Å². The van der Waals surface area contributed by atoms with Crippen molar-refractivity contribution in [3.05, 3.63) is 41.8 Å². The van der Waals surface area contributed by atoms with Crippen molar-refractivity contribution in [3.8, 4) is 5.75 Å². The van der Waals surface area contributed by atoms with Gasteiger partial charge in [0, 0.05) is 0 Å². The summed E-state index contributed by atoms with van der Waals surface area (Å²) in [5.41, 5.74) is 1.05. The Hall–Kier alpha value is -1.29. The predicted molar refractivity (Wildman–Crippen MR) is 69.5 cm³/mol. The number of benzene rings is 1. The largest absolute Gasteiger partial charge is 0.379 e. The molecule has 0 bridgehead atoms. The molecule has 0 aliphatic carbocycles. The Morgan fingerprint density at radius 3 is 2.59 bits per heavy atom. The predicted octanol–water partition coefficient (Wildman–Crippen LogP) is 3.23. The molecule has 0 saturated heterocycles. The van der Waals surface area contributed by atoms with Crippen LogP contribution in [-0.2, 0) is 15.5 Å². The van der Waals surface area contributed by atoms with Gasteiger partial charge in [-0.2, -0.15) is 8.42 Å². The zero-order valence-electron chi connectivity index (χ0n) is 10.4. The Morgan fingerprint density at radius 1 is 1.41 bits per heavy atom. The molecule has 0 aliphatic rings. The maximum absolute atomic E-state index is 11.3. The first-order valence-electron chi connectivity index (χ1n) is 5.48. The molecule has 0 saturated carbocycles. The first-order chi connectivity index (χ1) is 7.80. The summed E-state index contributed by atoms with van der Waals surface area (Å²) < 4.78 is 27.4. The average molecular weight is 254 g/mol. The molecule has 0 aliphatic heterocycles. The lowest BCUT2D eigenvalue weighted by Gasteiger charge is -2.23. The van der Waals surface area contributed by atoms with Crippen LogP contribution in [0.1, 0.15) is 32.8 Å². The van der Waals surface area contributed by atoms with Crippen LogP contribution in [0.3, 0.4) is 0 Å². The Labute approximate surface area is 103 Å². The summed E-state index contributed by atoms with van der Waals surface area (Å²) in [7, 11) is -3.68. The Kier molecular flexibility index (Phi) is 3.98. The van der Waals surface area contributed by atoms with Gasteiger partial charge < -0.3 is 4.18 Å². The third-order valence-electron chi connectivity index (χ3n) is 2.92. The van der Waals surface area contributed by atoms with Crippen molar-refractivity contribution in [3.63, 3.8) is 0 Å². The standard InChI is InChI=1S/C13H18O3S/c1-5-13(3,4)11-8-7-9-12(10-11)16-17(14,15)6-2/h6-10H,2,5H2,1,3-4H3. The third kappa shape index (κ3) is 3.60. The van der Waals surface area contributed by atoms with Crippen LogP contribution in [0.4, 0.5) is 0 Å². The van der Waals surface area contributed by atoms with Gasteiger partial charge in [-0.3, -0.25) is 0 Å². The molecule has 0 unspecified atom stereocenters. The van der Waals surface area contributed by atoms with Crippen molar-refractivity contribution in [2.45, 2.75) is 32.6 Å². The van der Waals surface area contributed by atoms with Crippen molar-refractivity contribution in [1.82, 2.24) is 0 Å². The van der Waals surface area contributed by atoms with E-state index in [4.69, 9.17) is 4.18 Å². The molecule has 0 spiro atoms. The van der Waals surface area contributed by atoms with E-state index in [0.717, 1.165) is 17.4 Å². The van der Waals surface area contributed by atoms with E-state index in [-0.39, 0.29) is 5.41 Å². The molecule has 0 N–H and O–H groups in total. The zero-order chi connectivity index (χ0) is 13.1. The van der Waals surface area contributed by atoms with Crippen LogP contribution in [0.5, 0.6) is 5.75 Å². The Morgan fingerprint density at radius 2 is 2.06 bits per heavy atom. The molecule has 0 radical (unpaired) electrons. The Bertz CT molecular complexity index is 501. The summed E-state index contributed by atoms with van der Waals surface area (Å²) in [4.78, 5) is 0. The van der Waals surface area contributed by atoms with E-state index in [1.54, 1.807) is 18.2 Å². The summed E-state index contributed by atoms with van der Waals surface area (Å²) in [6.07, 6.45) is 0.963. The fraction of sp³-hybridized carbons (Fsp3) is 0.385. The smallest absolute Gasteiger partial charge is 0.331 e. The van der Waals surface area contributed by atoms with Gasteiger partial charge in [0.1, 0.15) is 5.75 Å². The molecular weight excluding hydrogens is 236 g/mol. The lowest BCUT2D eigenvalue weighted by molar-refractivity contribution is 0.486. The molecule has 1 aromatic rings. The molecule has 0 atom stereocenters. The minimum Gasteiger partial charge on any atom is -0.379 e. The quantitative estimate of drug-likeness (QED) is 0.758. The molecule has 0 aromatic heterocycles. The van der Waals surface area contributed by atoms with Gasteiger partial charge in [0.25, 0.3) is 0 Å². The maximum Gasteiger partial charge on any atom is 0.331 e. The van der Waals surface area contributed by atoms with Crippen LogP contribution >= 0.6 is 0 Å². The van der Waals surface area contributed by atoms with Crippen LogP contribution in [0, 0.1) is 0 Å². The maximum atomic E-state index is 11.3. The first kappa shape index (κ1) is 13.8. The van der Waals surface area contributed by atoms with Crippen LogP contribution in [0.25, 0.3) is 0 Å². The van der Waals surface area contributed by atoms with Crippen molar-refractivity contribution in [2.75, 3.05) is 0 Å². The van der Waals surface area contributed by atoms with E-state index in [2.05, 4.69) is 27.4 Å². The van der Waals surface area contributed by atoms with E-state index in [0.29, 0.717) is 5.75 Å². The molecule has 17 heavy (non-hydrogen) atoms. The summed E-state index contributed by atoms with van der Waals surface area (Å²) in [6.45, 7) is 9.50. The lowest BCUT2D eigenvalue weighted by Crippen LogP contribution is -2.15. The molecular formula is C13H18O3S. The summed E-state index contributed by atoms with van der Waals surface area (Å²) in [5, 5.41) is 0.796. The lowest BCUT2D eigenvalue weighted by atomic mass is 9.82. The molecule has 0 amide bonds. The molecule has 94 valence electrons. The molecule has 1 rings (SSSR count). The van der Waals surface area contributed by atoms with Gasteiger partial charge >= 0.3 is 10.1 Å². The van der Waals surface area contributed by atoms with Gasteiger partial charge in [-0.15, -0.1) is 0 Å². The van der Waals surface area contributed by atoms with Gasteiger partial charge in [0.05, 0.1) is 5.41 Å².